The van der Waals surface area contributed by atoms with E-state index in [9.17, 15) is 36.0 Å². The number of carbonyl (C=O) groups is 1. The van der Waals surface area contributed by atoms with Crippen LogP contribution in [0.5, 0.6) is 0 Å². The quantitative estimate of drug-likeness (QED) is 0.492. The monoisotopic (exact) mass is 497 g/mol. The van der Waals surface area contributed by atoms with E-state index < -0.39 is 63.3 Å². The van der Waals surface area contributed by atoms with Crippen LogP contribution in [0.1, 0.15) is 24.0 Å². The summed E-state index contributed by atoms with van der Waals surface area (Å²) in [5, 5.41) is 13.8. The van der Waals surface area contributed by atoms with Crippen LogP contribution in [0.4, 0.5) is 17.6 Å². The van der Waals surface area contributed by atoms with E-state index in [2.05, 4.69) is 10.6 Å². The lowest BCUT2D eigenvalue weighted by molar-refractivity contribution is -0.158. The van der Waals surface area contributed by atoms with Gasteiger partial charge in [-0.05, 0) is 42.5 Å². The van der Waals surface area contributed by atoms with Crippen LogP contribution >= 0.6 is 0 Å². The summed E-state index contributed by atoms with van der Waals surface area (Å²) in [6, 6.07) is 10.3. The van der Waals surface area contributed by atoms with E-state index in [-0.39, 0.29) is 5.56 Å². The normalized spacial score (nSPS) is 16.8. The van der Waals surface area contributed by atoms with Gasteiger partial charge in [-0.3, -0.25) is 10.1 Å². The van der Waals surface area contributed by atoms with Gasteiger partial charge >= 0.3 is 6.18 Å². The van der Waals surface area contributed by atoms with Crippen molar-refractivity contribution in [2.45, 2.75) is 48.8 Å². The first-order chi connectivity index (χ1) is 15.9. The Bertz CT molecular complexity index is 1140. The van der Waals surface area contributed by atoms with Crippen molar-refractivity contribution in [2.24, 2.45) is 0 Å². The van der Waals surface area contributed by atoms with E-state index in [0.29, 0.717) is 18.4 Å². The number of benzene rings is 2. The van der Waals surface area contributed by atoms with Crippen molar-refractivity contribution >= 4 is 15.7 Å². The van der Waals surface area contributed by atoms with Crippen LogP contribution in [0.2, 0.25) is 0 Å². The Morgan fingerprint density at radius 3 is 2.21 bits per heavy atom. The second kappa shape index (κ2) is 10.1. The summed E-state index contributed by atoms with van der Waals surface area (Å²) < 4.78 is 80.2. The third-order valence-electron chi connectivity index (χ3n) is 5.44. The molecule has 0 bridgehead atoms. The molecule has 34 heavy (non-hydrogen) atoms. The molecule has 1 fully saturated rings. The topological polar surface area (TPSA) is 99.1 Å². The second-order valence-corrected chi connectivity index (χ2v) is 10.5. The fourth-order valence-electron chi connectivity index (χ4n) is 3.42. The van der Waals surface area contributed by atoms with Crippen molar-refractivity contribution in [1.82, 2.24) is 10.6 Å². The Labute approximate surface area is 194 Å². The molecule has 0 saturated heterocycles. The molecule has 6 nitrogen and oxygen atoms in total. The summed E-state index contributed by atoms with van der Waals surface area (Å²) >= 11 is 0. The summed E-state index contributed by atoms with van der Waals surface area (Å²) in [6.07, 6.45) is -4.81. The molecule has 2 N–H and O–H groups in total. The molecule has 0 aliphatic heterocycles. The van der Waals surface area contributed by atoms with E-state index in [0.717, 1.165) is 12.1 Å². The fraction of sp³-hybridized carbons (Fsp3) is 0.391. The highest BCUT2D eigenvalue weighted by molar-refractivity contribution is 7.90. The Morgan fingerprint density at radius 1 is 1.06 bits per heavy atom. The number of carbonyl (C=O) groups excluding carboxylic acids is 1. The zero-order valence-corrected chi connectivity index (χ0v) is 18.8. The van der Waals surface area contributed by atoms with Gasteiger partial charge in [0.15, 0.2) is 9.84 Å². The highest BCUT2D eigenvalue weighted by Crippen LogP contribution is 2.34. The van der Waals surface area contributed by atoms with E-state index in [1.54, 1.807) is 30.3 Å². The van der Waals surface area contributed by atoms with Gasteiger partial charge in [-0.15, -0.1) is 0 Å². The highest BCUT2D eigenvalue weighted by atomic mass is 32.2. The number of hydrogen-bond donors (Lipinski definition) is 2. The van der Waals surface area contributed by atoms with Crippen molar-refractivity contribution in [2.75, 3.05) is 5.75 Å². The average Bonchev–Trinajstić information content (AvgIpc) is 3.53. The Hall–Kier alpha value is -2.97. The van der Waals surface area contributed by atoms with Crippen molar-refractivity contribution in [3.05, 3.63) is 71.5 Å². The summed E-state index contributed by atoms with van der Waals surface area (Å²) in [4.78, 5) is 12.8. The Morgan fingerprint density at radius 2 is 1.68 bits per heavy atom. The molecule has 0 heterocycles. The van der Waals surface area contributed by atoms with E-state index in [1.807, 2.05) is 6.07 Å². The number of hydrogen-bond acceptors (Lipinski definition) is 5. The average molecular weight is 498 g/mol. The molecule has 0 spiro atoms. The number of rotatable bonds is 10. The summed E-state index contributed by atoms with van der Waals surface area (Å²) in [5.74, 6) is -2.97. The molecule has 0 aromatic heterocycles. The lowest BCUT2D eigenvalue weighted by Gasteiger charge is -2.28. The van der Waals surface area contributed by atoms with E-state index in [4.69, 9.17) is 0 Å². The van der Waals surface area contributed by atoms with Gasteiger partial charge < -0.3 is 5.32 Å². The van der Waals surface area contributed by atoms with Gasteiger partial charge in [0.05, 0.1) is 17.6 Å². The van der Waals surface area contributed by atoms with Gasteiger partial charge in [0.1, 0.15) is 23.4 Å². The number of halogens is 4. The van der Waals surface area contributed by atoms with Crippen LogP contribution in [0.25, 0.3) is 0 Å². The molecule has 0 radical (unpaired) electrons. The standard InChI is InChI=1S/C23H23F4N3O3S/c24-18-8-6-16(7-9-18)12-20(23(25,26)27)29-19(21(31)30-22(15-28)10-11-22)14-34(32,33)13-17-4-2-1-3-5-17/h1-9,19-20,29H,10-14H2,(H,30,31)/t19-,20-/m0/s1. The number of nitriles is 1. The lowest BCUT2D eigenvalue weighted by atomic mass is 10.0. The number of alkyl halides is 3. The minimum atomic E-state index is -4.83. The Balaban J connectivity index is 1.83. The molecule has 1 amide bonds. The fourth-order valence-corrected chi connectivity index (χ4v) is 5.00. The SMILES string of the molecule is N#CC1(NC(=O)[C@H](CS(=O)(=O)Cc2ccccc2)N[C@@H](Cc2ccc(F)cc2)C(F)(F)F)CC1. The molecule has 1 aliphatic carbocycles. The second-order valence-electron chi connectivity index (χ2n) is 8.37. The predicted molar refractivity (Wildman–Crippen MR) is 117 cm³/mol. The van der Waals surface area contributed by atoms with Gasteiger partial charge in [0.2, 0.25) is 5.91 Å². The summed E-state index contributed by atoms with van der Waals surface area (Å²) in [5.41, 5.74) is -0.612. The molecule has 3 rings (SSSR count). The van der Waals surface area contributed by atoms with E-state index >= 15 is 0 Å². The van der Waals surface area contributed by atoms with Crippen LogP contribution < -0.4 is 10.6 Å². The van der Waals surface area contributed by atoms with Crippen molar-refractivity contribution < 1.29 is 30.8 Å². The third-order valence-corrected chi connectivity index (χ3v) is 7.06. The van der Waals surface area contributed by atoms with Gasteiger partial charge in [-0.1, -0.05) is 42.5 Å². The first kappa shape index (κ1) is 25.6. The molecular formula is C23H23F4N3O3S. The molecule has 1 saturated carbocycles. The predicted octanol–water partition coefficient (Wildman–Crippen LogP) is 3.04. The summed E-state index contributed by atoms with van der Waals surface area (Å²) in [6.45, 7) is 0. The number of sulfone groups is 1. The van der Waals surface area contributed by atoms with Crippen LogP contribution in [0.15, 0.2) is 54.6 Å². The number of amides is 1. The van der Waals surface area contributed by atoms with Crippen molar-refractivity contribution in [1.29, 1.82) is 5.26 Å². The van der Waals surface area contributed by atoms with Gasteiger partial charge in [-0.2, -0.15) is 18.4 Å². The lowest BCUT2D eigenvalue weighted by Crippen LogP contribution is -2.58. The van der Waals surface area contributed by atoms with E-state index in [1.165, 1.54) is 12.1 Å². The zero-order chi connectivity index (χ0) is 25.0. The largest absolute Gasteiger partial charge is 0.404 e. The molecular weight excluding hydrogens is 474 g/mol. The van der Waals surface area contributed by atoms with Gasteiger partial charge in [-0.25, -0.2) is 12.8 Å². The van der Waals surface area contributed by atoms with Crippen LogP contribution in [0, 0.1) is 17.1 Å². The number of nitrogens with zero attached hydrogens (tertiary/aromatic N) is 1. The van der Waals surface area contributed by atoms with Crippen LogP contribution in [-0.4, -0.2) is 43.9 Å². The van der Waals surface area contributed by atoms with Gasteiger partial charge in [0, 0.05) is 0 Å². The first-order valence-electron chi connectivity index (χ1n) is 10.5. The maximum atomic E-state index is 13.8. The first-order valence-corrected chi connectivity index (χ1v) is 12.3. The molecule has 0 unspecified atom stereocenters. The van der Waals surface area contributed by atoms with Crippen molar-refractivity contribution in [3.8, 4) is 6.07 Å². The van der Waals surface area contributed by atoms with Crippen LogP contribution in [0.3, 0.4) is 0 Å². The highest BCUT2D eigenvalue weighted by Gasteiger charge is 2.47. The molecule has 1 aliphatic rings. The maximum Gasteiger partial charge on any atom is 0.404 e. The molecule has 2 aromatic rings. The molecule has 2 aromatic carbocycles. The summed E-state index contributed by atoms with van der Waals surface area (Å²) in [7, 11) is -4.01. The molecule has 11 heteroatoms. The van der Waals surface area contributed by atoms with Crippen LogP contribution in [-0.2, 0) is 26.8 Å². The third kappa shape index (κ3) is 7.27. The smallest absolute Gasteiger partial charge is 0.336 e. The Kier molecular flexibility index (Phi) is 7.63. The molecule has 2 atom stereocenters. The zero-order valence-electron chi connectivity index (χ0n) is 18.0. The maximum absolute atomic E-state index is 13.8. The molecule has 182 valence electrons. The van der Waals surface area contributed by atoms with Gasteiger partial charge in [0.25, 0.3) is 0 Å². The number of nitrogens with one attached hydrogen (secondary N) is 2. The minimum absolute atomic E-state index is 0.151. The minimum Gasteiger partial charge on any atom is -0.336 e. The van der Waals surface area contributed by atoms with Crippen molar-refractivity contribution in [3.63, 3.8) is 0 Å².